The molecule has 1 amide bonds. The van der Waals surface area contributed by atoms with E-state index >= 15 is 0 Å². The van der Waals surface area contributed by atoms with E-state index in [1.807, 2.05) is 0 Å². The zero-order valence-corrected chi connectivity index (χ0v) is 14.2. The van der Waals surface area contributed by atoms with Crippen LogP contribution < -0.4 is 5.32 Å². The van der Waals surface area contributed by atoms with Crippen LogP contribution in [0.4, 0.5) is 0 Å². The highest BCUT2D eigenvalue weighted by Gasteiger charge is 2.41. The summed E-state index contributed by atoms with van der Waals surface area (Å²) in [5.74, 6) is 1.18. The smallest absolute Gasteiger partial charge is 0.262 e. The average molecular weight is 331 g/mol. The minimum atomic E-state index is -0.459. The van der Waals surface area contributed by atoms with Gasteiger partial charge in [-0.05, 0) is 50.2 Å². The Kier molecular flexibility index (Phi) is 3.71. The van der Waals surface area contributed by atoms with Gasteiger partial charge in [-0.25, -0.2) is 0 Å². The summed E-state index contributed by atoms with van der Waals surface area (Å²) in [6, 6.07) is 2.08. The number of thiophene rings is 1. The number of fused-ring (bicyclic) bond motifs is 1. The lowest BCUT2D eigenvalue weighted by molar-refractivity contribution is 0.0896. The summed E-state index contributed by atoms with van der Waals surface area (Å²) in [5, 5.41) is 7.32. The normalized spacial score (nSPS) is 19.5. The summed E-state index contributed by atoms with van der Waals surface area (Å²) >= 11 is 1.65. The molecule has 0 radical (unpaired) electrons. The van der Waals surface area contributed by atoms with Crippen LogP contribution in [0.5, 0.6) is 0 Å². The first-order valence-electron chi connectivity index (χ1n) is 8.41. The van der Waals surface area contributed by atoms with Crippen molar-refractivity contribution in [3.63, 3.8) is 0 Å². The fourth-order valence-corrected chi connectivity index (χ4v) is 4.91. The van der Waals surface area contributed by atoms with Gasteiger partial charge in [0.25, 0.3) is 5.91 Å². The van der Waals surface area contributed by atoms with Crippen molar-refractivity contribution in [3.8, 4) is 0 Å². The highest BCUT2D eigenvalue weighted by Crippen LogP contribution is 2.38. The molecule has 2 heterocycles. The average Bonchev–Trinajstić information content (AvgIpc) is 3.25. The molecule has 1 N–H and O–H groups in total. The molecule has 6 heteroatoms. The number of carbonyl (C=O) groups excluding carboxylic acids is 1. The summed E-state index contributed by atoms with van der Waals surface area (Å²) in [6.07, 6.45) is 8.60. The fourth-order valence-electron chi connectivity index (χ4n) is 3.76. The van der Waals surface area contributed by atoms with Crippen molar-refractivity contribution in [2.45, 2.75) is 63.8 Å². The zero-order valence-electron chi connectivity index (χ0n) is 13.4. The van der Waals surface area contributed by atoms with E-state index in [2.05, 4.69) is 21.5 Å². The zero-order chi connectivity index (χ0) is 15.9. The minimum Gasteiger partial charge on any atom is -0.340 e. The van der Waals surface area contributed by atoms with Gasteiger partial charge in [0, 0.05) is 11.8 Å². The minimum absolute atomic E-state index is 0.00810. The van der Waals surface area contributed by atoms with Crippen LogP contribution in [0.2, 0.25) is 0 Å². The van der Waals surface area contributed by atoms with Gasteiger partial charge < -0.3 is 9.84 Å². The fraction of sp³-hybridized carbons (Fsp3) is 0.588. The van der Waals surface area contributed by atoms with E-state index in [9.17, 15) is 4.79 Å². The summed E-state index contributed by atoms with van der Waals surface area (Å²) in [4.78, 5) is 19.4. The summed E-state index contributed by atoms with van der Waals surface area (Å²) < 4.78 is 5.15. The Labute approximate surface area is 139 Å². The Bertz CT molecular complexity index is 705. The number of aryl methyl sites for hydroxylation is 3. The van der Waals surface area contributed by atoms with Crippen LogP contribution >= 0.6 is 11.3 Å². The lowest BCUT2D eigenvalue weighted by atomic mass is 9.96. The molecule has 2 aromatic heterocycles. The Morgan fingerprint density at radius 1 is 1.26 bits per heavy atom. The van der Waals surface area contributed by atoms with E-state index in [0.29, 0.717) is 11.7 Å². The Morgan fingerprint density at radius 2 is 2.04 bits per heavy atom. The lowest BCUT2D eigenvalue weighted by Crippen LogP contribution is -2.44. The highest BCUT2D eigenvalue weighted by atomic mass is 32.1. The summed E-state index contributed by atoms with van der Waals surface area (Å²) in [5.41, 5.74) is 0.904. The highest BCUT2D eigenvalue weighted by molar-refractivity contribution is 7.14. The molecule has 4 rings (SSSR count). The number of aromatic nitrogens is 2. The molecule has 2 aromatic rings. The molecule has 2 aliphatic rings. The van der Waals surface area contributed by atoms with Crippen LogP contribution in [0.15, 0.2) is 10.6 Å². The van der Waals surface area contributed by atoms with Crippen molar-refractivity contribution < 1.29 is 9.32 Å². The first-order valence-corrected chi connectivity index (χ1v) is 9.23. The molecule has 0 spiro atoms. The number of carbonyl (C=O) groups is 1. The predicted octanol–water partition coefficient (Wildman–Crippen LogP) is 3.52. The molecule has 122 valence electrons. The van der Waals surface area contributed by atoms with Gasteiger partial charge in [0.2, 0.25) is 5.89 Å². The molecule has 0 bridgehead atoms. The quantitative estimate of drug-likeness (QED) is 0.934. The van der Waals surface area contributed by atoms with Crippen LogP contribution in [0.1, 0.15) is 70.4 Å². The van der Waals surface area contributed by atoms with E-state index in [4.69, 9.17) is 4.52 Å². The summed E-state index contributed by atoms with van der Waals surface area (Å²) in [7, 11) is 0. The third-order valence-electron chi connectivity index (χ3n) is 4.99. The monoisotopic (exact) mass is 331 g/mol. The molecule has 5 nitrogen and oxygen atoms in total. The van der Waals surface area contributed by atoms with Gasteiger partial charge in [0.05, 0.1) is 4.88 Å². The first kappa shape index (κ1) is 14.9. The van der Waals surface area contributed by atoms with Crippen LogP contribution in [0.25, 0.3) is 0 Å². The van der Waals surface area contributed by atoms with Crippen LogP contribution in [-0.4, -0.2) is 16.0 Å². The molecule has 2 aliphatic carbocycles. The van der Waals surface area contributed by atoms with Gasteiger partial charge >= 0.3 is 0 Å². The number of rotatable bonds is 3. The van der Waals surface area contributed by atoms with Crippen molar-refractivity contribution in [2.75, 3.05) is 0 Å². The van der Waals surface area contributed by atoms with Crippen molar-refractivity contribution in [3.05, 3.63) is 33.1 Å². The van der Waals surface area contributed by atoms with E-state index in [0.717, 1.165) is 43.4 Å². The van der Waals surface area contributed by atoms with Gasteiger partial charge in [-0.2, -0.15) is 4.98 Å². The first-order chi connectivity index (χ1) is 11.2. The number of amides is 1. The van der Waals surface area contributed by atoms with Gasteiger partial charge in [-0.1, -0.05) is 18.0 Å². The Hall–Kier alpha value is -1.69. The van der Waals surface area contributed by atoms with Gasteiger partial charge in [0.1, 0.15) is 5.54 Å². The van der Waals surface area contributed by atoms with Crippen molar-refractivity contribution in [2.24, 2.45) is 0 Å². The largest absolute Gasteiger partial charge is 0.340 e. The topological polar surface area (TPSA) is 68.0 Å². The maximum Gasteiger partial charge on any atom is 0.262 e. The molecule has 1 fully saturated rings. The molecular formula is C17H21N3O2S. The van der Waals surface area contributed by atoms with Crippen LogP contribution in [0.3, 0.4) is 0 Å². The lowest BCUT2D eigenvalue weighted by Gasteiger charge is -2.26. The standard InChI is InChI=1S/C17H21N3O2S/c1-11-18-16(20-22-11)17(8-4-5-9-17)19-15(21)14-10-12-6-2-3-7-13(12)23-14/h10H,2-9H2,1H3,(H,19,21). The third kappa shape index (κ3) is 2.69. The Balaban J connectivity index is 1.59. The van der Waals surface area contributed by atoms with E-state index in [1.165, 1.54) is 23.3 Å². The van der Waals surface area contributed by atoms with Gasteiger partial charge in [-0.15, -0.1) is 11.3 Å². The second-order valence-electron chi connectivity index (χ2n) is 6.65. The number of nitrogens with zero attached hydrogens (tertiary/aromatic N) is 2. The SMILES string of the molecule is Cc1nc(C2(NC(=O)c3cc4c(s3)CCCC4)CCCC2)no1. The second-order valence-corrected chi connectivity index (χ2v) is 7.78. The van der Waals surface area contributed by atoms with E-state index in [-0.39, 0.29) is 5.91 Å². The molecule has 0 aliphatic heterocycles. The van der Waals surface area contributed by atoms with Crippen LogP contribution in [0, 0.1) is 6.92 Å². The van der Waals surface area contributed by atoms with Crippen molar-refractivity contribution in [1.82, 2.24) is 15.5 Å². The number of nitrogens with one attached hydrogen (secondary N) is 1. The van der Waals surface area contributed by atoms with E-state index in [1.54, 1.807) is 18.3 Å². The molecule has 0 aromatic carbocycles. The van der Waals surface area contributed by atoms with Crippen molar-refractivity contribution >= 4 is 17.2 Å². The molecule has 0 saturated heterocycles. The molecule has 0 unspecified atom stereocenters. The molecule has 23 heavy (non-hydrogen) atoms. The molecule has 0 atom stereocenters. The second kappa shape index (κ2) is 5.74. The molecular weight excluding hydrogens is 310 g/mol. The van der Waals surface area contributed by atoms with Crippen molar-refractivity contribution in [1.29, 1.82) is 0 Å². The van der Waals surface area contributed by atoms with Gasteiger partial charge in [0.15, 0.2) is 5.82 Å². The third-order valence-corrected chi connectivity index (χ3v) is 6.22. The molecule has 1 saturated carbocycles. The number of hydrogen-bond donors (Lipinski definition) is 1. The van der Waals surface area contributed by atoms with Gasteiger partial charge in [-0.3, -0.25) is 4.79 Å². The van der Waals surface area contributed by atoms with Crippen LogP contribution in [-0.2, 0) is 18.4 Å². The maximum atomic E-state index is 12.8. The predicted molar refractivity (Wildman–Crippen MR) is 87.6 cm³/mol. The Morgan fingerprint density at radius 3 is 2.74 bits per heavy atom. The number of hydrogen-bond acceptors (Lipinski definition) is 5. The summed E-state index contributed by atoms with van der Waals surface area (Å²) in [6.45, 7) is 1.79. The van der Waals surface area contributed by atoms with E-state index < -0.39 is 5.54 Å². The maximum absolute atomic E-state index is 12.8.